The molecule has 0 radical (unpaired) electrons. The first kappa shape index (κ1) is 18.5. The molecule has 1 amide bonds. The molecule has 2 aromatic heterocycles. The van der Waals surface area contributed by atoms with Gasteiger partial charge in [0.1, 0.15) is 0 Å². The van der Waals surface area contributed by atoms with E-state index in [-0.39, 0.29) is 25.0 Å². The molecule has 2 rings (SSSR count). The minimum atomic E-state index is -0.198. The van der Waals surface area contributed by atoms with Crippen LogP contribution in [0.1, 0.15) is 23.4 Å². The van der Waals surface area contributed by atoms with Crippen molar-refractivity contribution in [2.75, 3.05) is 18.6 Å². The van der Waals surface area contributed by atoms with Crippen LogP contribution in [0.3, 0.4) is 0 Å². The Morgan fingerprint density at radius 1 is 1.42 bits per heavy atom. The van der Waals surface area contributed by atoms with Gasteiger partial charge in [-0.25, -0.2) is 9.67 Å². The molecular formula is C17H24N4O2S. The molecule has 0 saturated carbocycles. The third-order valence-electron chi connectivity index (χ3n) is 3.90. The third kappa shape index (κ3) is 4.58. The summed E-state index contributed by atoms with van der Waals surface area (Å²) in [6.07, 6.45) is 4.74. The molecule has 2 N–H and O–H groups in total. The molecule has 0 bridgehead atoms. The Bertz CT molecular complexity index is 673. The summed E-state index contributed by atoms with van der Waals surface area (Å²) in [5.74, 6) is 1.54. The number of thioether (sulfide) groups is 1. The van der Waals surface area contributed by atoms with Crippen molar-refractivity contribution in [2.24, 2.45) is 0 Å². The van der Waals surface area contributed by atoms with Crippen molar-refractivity contribution < 1.29 is 9.90 Å². The van der Waals surface area contributed by atoms with E-state index in [0.29, 0.717) is 0 Å². The lowest BCUT2D eigenvalue weighted by molar-refractivity contribution is -0.121. The largest absolute Gasteiger partial charge is 0.394 e. The maximum atomic E-state index is 12.3. The highest BCUT2D eigenvalue weighted by Gasteiger charge is 2.18. The number of nitrogens with zero attached hydrogens (tertiary/aromatic N) is 3. The second-order valence-electron chi connectivity index (χ2n) is 5.65. The topological polar surface area (TPSA) is 80.0 Å². The van der Waals surface area contributed by atoms with Crippen molar-refractivity contribution in [3.63, 3.8) is 0 Å². The van der Waals surface area contributed by atoms with E-state index in [1.54, 1.807) is 22.6 Å². The molecule has 0 fully saturated rings. The van der Waals surface area contributed by atoms with Crippen molar-refractivity contribution in [3.05, 3.63) is 41.3 Å². The minimum absolute atomic E-state index is 0.0442. The summed E-state index contributed by atoms with van der Waals surface area (Å²) in [5.41, 5.74) is 2.63. The summed E-state index contributed by atoms with van der Waals surface area (Å²) in [5, 5.41) is 16.8. The van der Waals surface area contributed by atoms with Crippen molar-refractivity contribution in [1.29, 1.82) is 0 Å². The van der Waals surface area contributed by atoms with Gasteiger partial charge in [0.2, 0.25) is 5.91 Å². The predicted molar refractivity (Wildman–Crippen MR) is 96.6 cm³/mol. The van der Waals surface area contributed by atoms with E-state index < -0.39 is 0 Å². The number of carbonyl (C=O) groups is 1. The zero-order chi connectivity index (χ0) is 17.5. The molecule has 6 nitrogen and oxygen atoms in total. The van der Waals surface area contributed by atoms with E-state index in [9.17, 15) is 9.90 Å². The molecule has 0 aliphatic rings. The average Bonchev–Trinajstić information content (AvgIpc) is 2.87. The van der Waals surface area contributed by atoms with E-state index in [4.69, 9.17) is 0 Å². The lowest BCUT2D eigenvalue weighted by Gasteiger charge is -2.15. The summed E-state index contributed by atoms with van der Waals surface area (Å²) >= 11 is 1.70. The Morgan fingerprint density at radius 2 is 2.21 bits per heavy atom. The third-order valence-corrected chi connectivity index (χ3v) is 4.54. The second kappa shape index (κ2) is 8.84. The van der Waals surface area contributed by atoms with Gasteiger partial charge >= 0.3 is 0 Å². The fourth-order valence-corrected chi connectivity index (χ4v) is 3.06. The Morgan fingerprint density at radius 3 is 2.83 bits per heavy atom. The number of aromatic nitrogens is 3. The first-order chi connectivity index (χ1) is 11.6. The van der Waals surface area contributed by atoms with Gasteiger partial charge in [-0.15, -0.1) is 0 Å². The molecule has 0 saturated heterocycles. The van der Waals surface area contributed by atoms with Crippen molar-refractivity contribution in [2.45, 2.75) is 32.7 Å². The van der Waals surface area contributed by atoms with Gasteiger partial charge in [-0.3, -0.25) is 4.79 Å². The van der Waals surface area contributed by atoms with E-state index in [1.165, 1.54) is 0 Å². The Balaban J connectivity index is 2.10. The normalized spacial score (nSPS) is 12.2. The van der Waals surface area contributed by atoms with E-state index in [2.05, 4.69) is 15.4 Å². The summed E-state index contributed by atoms with van der Waals surface area (Å²) in [7, 11) is 0. The van der Waals surface area contributed by atoms with Crippen LogP contribution in [-0.2, 0) is 11.2 Å². The van der Waals surface area contributed by atoms with Gasteiger partial charge < -0.3 is 10.4 Å². The molecule has 130 valence electrons. The van der Waals surface area contributed by atoms with Crippen LogP contribution < -0.4 is 5.32 Å². The number of nitrogens with one attached hydrogen (secondary N) is 1. The molecule has 2 heterocycles. The van der Waals surface area contributed by atoms with Gasteiger partial charge in [0, 0.05) is 17.5 Å². The zero-order valence-electron chi connectivity index (χ0n) is 14.3. The van der Waals surface area contributed by atoms with Crippen LogP contribution in [0.15, 0.2) is 24.4 Å². The van der Waals surface area contributed by atoms with Crippen LogP contribution >= 0.6 is 11.8 Å². The van der Waals surface area contributed by atoms with Crippen LogP contribution in [0, 0.1) is 13.8 Å². The van der Waals surface area contributed by atoms with Crippen molar-refractivity contribution in [3.8, 4) is 5.82 Å². The maximum Gasteiger partial charge on any atom is 0.224 e. The van der Waals surface area contributed by atoms with Gasteiger partial charge in [0.25, 0.3) is 0 Å². The number of rotatable bonds is 8. The van der Waals surface area contributed by atoms with Crippen LogP contribution in [0.5, 0.6) is 0 Å². The Hall–Kier alpha value is -1.86. The smallest absolute Gasteiger partial charge is 0.224 e. The molecule has 7 heteroatoms. The first-order valence-electron chi connectivity index (χ1n) is 7.92. The molecular weight excluding hydrogens is 324 g/mol. The second-order valence-corrected chi connectivity index (χ2v) is 6.64. The summed E-state index contributed by atoms with van der Waals surface area (Å²) < 4.78 is 1.76. The summed E-state index contributed by atoms with van der Waals surface area (Å²) in [6, 6.07) is 5.44. The molecule has 0 aliphatic carbocycles. The zero-order valence-corrected chi connectivity index (χ0v) is 15.1. The number of hydrogen-bond donors (Lipinski definition) is 2. The lowest BCUT2D eigenvalue weighted by Crippen LogP contribution is -2.38. The van der Waals surface area contributed by atoms with Crippen LogP contribution in [0.25, 0.3) is 5.82 Å². The van der Waals surface area contributed by atoms with Crippen molar-refractivity contribution in [1.82, 2.24) is 20.1 Å². The van der Waals surface area contributed by atoms with Gasteiger partial charge in [-0.2, -0.15) is 16.9 Å². The van der Waals surface area contributed by atoms with Gasteiger partial charge in [0.15, 0.2) is 5.82 Å². The monoisotopic (exact) mass is 348 g/mol. The average molecular weight is 348 g/mol. The first-order valence-corrected chi connectivity index (χ1v) is 9.31. The number of amides is 1. The molecule has 0 spiro atoms. The number of pyridine rings is 1. The molecule has 24 heavy (non-hydrogen) atoms. The molecule has 0 aliphatic heterocycles. The van der Waals surface area contributed by atoms with Crippen molar-refractivity contribution >= 4 is 17.7 Å². The Kier molecular flexibility index (Phi) is 6.81. The summed E-state index contributed by atoms with van der Waals surface area (Å²) in [6.45, 7) is 3.79. The highest BCUT2D eigenvalue weighted by Crippen LogP contribution is 2.17. The Labute approximate surface area is 146 Å². The highest BCUT2D eigenvalue weighted by atomic mass is 32.2. The van der Waals surface area contributed by atoms with E-state index in [0.717, 1.165) is 34.9 Å². The maximum absolute atomic E-state index is 12.3. The standard InChI is InChI=1S/C17H24N4O2S/c1-12-15(10-17(23)19-14(11-22)7-9-24-3)13(2)21(20-12)16-6-4-5-8-18-16/h4-6,8,14,22H,7,9-11H2,1-3H3,(H,19,23). The van der Waals surface area contributed by atoms with Crippen LogP contribution in [-0.4, -0.2) is 50.4 Å². The minimum Gasteiger partial charge on any atom is -0.394 e. The SMILES string of the molecule is CSCCC(CO)NC(=O)Cc1c(C)nn(-c2ccccn2)c1C. The number of aliphatic hydroxyl groups is 1. The number of carbonyl (C=O) groups excluding carboxylic acids is 1. The molecule has 2 aromatic rings. The van der Waals surface area contributed by atoms with Gasteiger partial charge in [-0.05, 0) is 44.4 Å². The fraction of sp³-hybridized carbons (Fsp3) is 0.471. The summed E-state index contributed by atoms with van der Waals surface area (Å²) in [4.78, 5) is 16.6. The van der Waals surface area contributed by atoms with E-state index in [1.807, 2.05) is 38.3 Å². The molecule has 0 aromatic carbocycles. The number of aryl methyl sites for hydroxylation is 1. The quantitative estimate of drug-likeness (QED) is 0.758. The number of aliphatic hydroxyl groups excluding tert-OH is 1. The number of hydrogen-bond acceptors (Lipinski definition) is 5. The van der Waals surface area contributed by atoms with E-state index >= 15 is 0 Å². The molecule has 1 atom stereocenters. The fourth-order valence-electron chi connectivity index (χ4n) is 2.54. The lowest BCUT2D eigenvalue weighted by atomic mass is 10.1. The highest BCUT2D eigenvalue weighted by molar-refractivity contribution is 7.98. The van der Waals surface area contributed by atoms with Crippen LogP contribution in [0.2, 0.25) is 0 Å². The molecule has 1 unspecified atom stereocenters. The van der Waals surface area contributed by atoms with Gasteiger partial charge in [0.05, 0.1) is 24.8 Å². The predicted octanol–water partition coefficient (Wildman–Crippen LogP) is 1.66. The van der Waals surface area contributed by atoms with Gasteiger partial charge in [-0.1, -0.05) is 6.07 Å². The van der Waals surface area contributed by atoms with Crippen LogP contribution in [0.4, 0.5) is 0 Å².